The third-order valence-corrected chi connectivity index (χ3v) is 3.14. The summed E-state index contributed by atoms with van der Waals surface area (Å²) in [7, 11) is 0. The molecule has 0 aliphatic heterocycles. The van der Waals surface area contributed by atoms with Crippen molar-refractivity contribution in [2.75, 3.05) is 13.2 Å². The third kappa shape index (κ3) is 4.97. The Morgan fingerprint density at radius 2 is 1.86 bits per heavy atom. The van der Waals surface area contributed by atoms with Crippen LogP contribution in [0.1, 0.15) is 51.9 Å². The molecule has 2 nitrogen and oxygen atoms in total. The van der Waals surface area contributed by atoms with Crippen molar-refractivity contribution in [3.8, 4) is 0 Å². The Labute approximate surface area is 88.2 Å². The summed E-state index contributed by atoms with van der Waals surface area (Å²) in [6.07, 6.45) is 8.87. The van der Waals surface area contributed by atoms with E-state index in [0.717, 1.165) is 25.6 Å². The predicted molar refractivity (Wildman–Crippen MR) is 60.3 cm³/mol. The van der Waals surface area contributed by atoms with E-state index in [0.29, 0.717) is 6.04 Å². The van der Waals surface area contributed by atoms with Gasteiger partial charge in [0.15, 0.2) is 0 Å². The molecule has 0 aromatic carbocycles. The van der Waals surface area contributed by atoms with Gasteiger partial charge >= 0.3 is 0 Å². The zero-order valence-electron chi connectivity index (χ0n) is 9.50. The minimum absolute atomic E-state index is 0.489. The Balaban J connectivity index is 1.91. The first kappa shape index (κ1) is 12.0. The summed E-state index contributed by atoms with van der Waals surface area (Å²) in [5.74, 6) is 0.931. The predicted octanol–water partition coefficient (Wildman–Crippen LogP) is 2.71. The summed E-state index contributed by atoms with van der Waals surface area (Å²) in [4.78, 5) is 0. The largest absolute Gasteiger partial charge is 0.381 e. The lowest BCUT2D eigenvalue weighted by Gasteiger charge is -2.25. The van der Waals surface area contributed by atoms with Crippen LogP contribution in [0.5, 0.6) is 0 Å². The Kier molecular flexibility index (Phi) is 6.20. The summed E-state index contributed by atoms with van der Waals surface area (Å²) >= 11 is 0. The van der Waals surface area contributed by atoms with Gasteiger partial charge in [0.05, 0.1) is 0 Å². The molecule has 0 amide bonds. The van der Waals surface area contributed by atoms with Gasteiger partial charge < -0.3 is 10.5 Å². The van der Waals surface area contributed by atoms with Crippen molar-refractivity contribution in [3.05, 3.63) is 0 Å². The second-order valence-corrected chi connectivity index (χ2v) is 4.54. The van der Waals surface area contributed by atoms with E-state index < -0.39 is 0 Å². The maximum Gasteiger partial charge on any atom is 0.0466 e. The highest BCUT2D eigenvalue weighted by Gasteiger charge is 2.17. The van der Waals surface area contributed by atoms with Gasteiger partial charge in [-0.2, -0.15) is 0 Å². The third-order valence-electron chi connectivity index (χ3n) is 3.14. The molecule has 0 aromatic heterocycles. The minimum atomic E-state index is 0.489. The molecule has 84 valence electrons. The van der Waals surface area contributed by atoms with Gasteiger partial charge in [0.25, 0.3) is 0 Å². The van der Waals surface area contributed by atoms with Crippen molar-refractivity contribution >= 4 is 0 Å². The molecule has 0 unspecified atom stereocenters. The SMILES string of the molecule is CCCOCCCC1CCC(N)CC1. The minimum Gasteiger partial charge on any atom is -0.381 e. The summed E-state index contributed by atoms with van der Waals surface area (Å²) in [6.45, 7) is 4.04. The molecule has 2 heteroatoms. The van der Waals surface area contributed by atoms with E-state index in [-0.39, 0.29) is 0 Å². The number of hydrogen-bond acceptors (Lipinski definition) is 2. The Morgan fingerprint density at radius 3 is 2.50 bits per heavy atom. The van der Waals surface area contributed by atoms with Gasteiger partial charge in [-0.05, 0) is 50.9 Å². The first-order valence-electron chi connectivity index (χ1n) is 6.16. The Bertz CT molecular complexity index is 130. The van der Waals surface area contributed by atoms with Crippen LogP contribution in [0.2, 0.25) is 0 Å². The highest BCUT2D eigenvalue weighted by atomic mass is 16.5. The van der Waals surface area contributed by atoms with Crippen LogP contribution in [0.4, 0.5) is 0 Å². The topological polar surface area (TPSA) is 35.2 Å². The van der Waals surface area contributed by atoms with Gasteiger partial charge in [-0.1, -0.05) is 6.92 Å². The number of rotatable bonds is 6. The number of ether oxygens (including phenoxy) is 1. The van der Waals surface area contributed by atoms with E-state index in [2.05, 4.69) is 6.92 Å². The lowest BCUT2D eigenvalue weighted by Crippen LogP contribution is -2.26. The standard InChI is InChI=1S/C12H25NO/c1-2-9-14-10-3-4-11-5-7-12(13)8-6-11/h11-12H,2-10,13H2,1H3. The summed E-state index contributed by atoms with van der Waals surface area (Å²) in [5, 5.41) is 0. The van der Waals surface area contributed by atoms with Crippen molar-refractivity contribution < 1.29 is 4.74 Å². The quantitative estimate of drug-likeness (QED) is 0.668. The smallest absolute Gasteiger partial charge is 0.0466 e. The normalized spacial score (nSPS) is 27.9. The fourth-order valence-electron chi connectivity index (χ4n) is 2.20. The molecular formula is C12H25NO. The first-order chi connectivity index (χ1) is 6.83. The molecule has 2 N–H and O–H groups in total. The maximum absolute atomic E-state index is 5.87. The summed E-state index contributed by atoms with van der Waals surface area (Å²) < 4.78 is 5.47. The average Bonchev–Trinajstić information content (AvgIpc) is 2.21. The van der Waals surface area contributed by atoms with Crippen molar-refractivity contribution in [1.29, 1.82) is 0 Å². The number of hydrogen-bond donors (Lipinski definition) is 1. The lowest BCUT2D eigenvalue weighted by molar-refractivity contribution is 0.124. The van der Waals surface area contributed by atoms with Crippen LogP contribution in [-0.2, 0) is 4.74 Å². The monoisotopic (exact) mass is 199 g/mol. The molecule has 0 radical (unpaired) electrons. The van der Waals surface area contributed by atoms with Gasteiger partial charge in [0.2, 0.25) is 0 Å². The molecular weight excluding hydrogens is 174 g/mol. The molecule has 1 rings (SSSR count). The molecule has 1 aliphatic carbocycles. The molecule has 14 heavy (non-hydrogen) atoms. The van der Waals surface area contributed by atoms with Crippen LogP contribution in [0, 0.1) is 5.92 Å². The van der Waals surface area contributed by atoms with E-state index in [9.17, 15) is 0 Å². The molecule has 1 saturated carbocycles. The highest BCUT2D eigenvalue weighted by Crippen LogP contribution is 2.26. The van der Waals surface area contributed by atoms with Crippen LogP contribution in [-0.4, -0.2) is 19.3 Å². The maximum atomic E-state index is 5.87. The molecule has 1 fully saturated rings. The van der Waals surface area contributed by atoms with Gasteiger partial charge in [0, 0.05) is 19.3 Å². The fraction of sp³-hybridized carbons (Fsp3) is 1.00. The second-order valence-electron chi connectivity index (χ2n) is 4.54. The van der Waals surface area contributed by atoms with Crippen LogP contribution in [0.3, 0.4) is 0 Å². The molecule has 0 aromatic rings. The fourth-order valence-corrected chi connectivity index (χ4v) is 2.20. The zero-order valence-corrected chi connectivity index (χ0v) is 9.50. The van der Waals surface area contributed by atoms with Crippen LogP contribution in [0.25, 0.3) is 0 Å². The van der Waals surface area contributed by atoms with E-state index >= 15 is 0 Å². The van der Waals surface area contributed by atoms with Crippen LogP contribution >= 0.6 is 0 Å². The van der Waals surface area contributed by atoms with Gasteiger partial charge in [-0.15, -0.1) is 0 Å². The molecule has 0 bridgehead atoms. The molecule has 0 spiro atoms. The van der Waals surface area contributed by atoms with Crippen LogP contribution < -0.4 is 5.73 Å². The number of nitrogens with two attached hydrogens (primary N) is 1. The Morgan fingerprint density at radius 1 is 1.14 bits per heavy atom. The van der Waals surface area contributed by atoms with E-state index in [1.165, 1.54) is 38.5 Å². The molecule has 0 atom stereocenters. The molecule has 1 aliphatic rings. The zero-order chi connectivity index (χ0) is 10.2. The summed E-state index contributed by atoms with van der Waals surface area (Å²) in [6, 6.07) is 0.489. The van der Waals surface area contributed by atoms with E-state index in [4.69, 9.17) is 10.5 Å². The second kappa shape index (κ2) is 7.24. The highest BCUT2D eigenvalue weighted by molar-refractivity contribution is 4.74. The molecule has 0 saturated heterocycles. The lowest BCUT2D eigenvalue weighted by atomic mass is 9.84. The van der Waals surface area contributed by atoms with Crippen molar-refractivity contribution in [1.82, 2.24) is 0 Å². The van der Waals surface area contributed by atoms with Gasteiger partial charge in [-0.25, -0.2) is 0 Å². The van der Waals surface area contributed by atoms with E-state index in [1.807, 2.05) is 0 Å². The summed E-state index contributed by atoms with van der Waals surface area (Å²) in [5.41, 5.74) is 5.87. The van der Waals surface area contributed by atoms with Crippen LogP contribution in [0.15, 0.2) is 0 Å². The van der Waals surface area contributed by atoms with Crippen molar-refractivity contribution in [2.45, 2.75) is 57.9 Å². The molecule has 0 heterocycles. The van der Waals surface area contributed by atoms with Crippen molar-refractivity contribution in [3.63, 3.8) is 0 Å². The van der Waals surface area contributed by atoms with E-state index in [1.54, 1.807) is 0 Å². The van der Waals surface area contributed by atoms with Gasteiger partial charge in [0.1, 0.15) is 0 Å². The first-order valence-corrected chi connectivity index (χ1v) is 6.16. The Hall–Kier alpha value is -0.0800. The van der Waals surface area contributed by atoms with Gasteiger partial charge in [-0.3, -0.25) is 0 Å². The van der Waals surface area contributed by atoms with Crippen molar-refractivity contribution in [2.24, 2.45) is 11.7 Å². The average molecular weight is 199 g/mol.